The zero-order valence-corrected chi connectivity index (χ0v) is 7.76. The number of primary amides is 1. The quantitative estimate of drug-likeness (QED) is 0.618. The second-order valence-corrected chi connectivity index (χ2v) is 3.89. The number of Topliss-reactive ketones (excluding diaryl/α,β-unsaturated/α-hetero) is 1. The Hall–Kier alpha value is -0.900. The SMILES string of the molecule is CC(C)(C)C(=O)CC(N)C(N)=O. The van der Waals surface area contributed by atoms with Crippen molar-refractivity contribution in [1.82, 2.24) is 0 Å². The molecule has 0 saturated carbocycles. The van der Waals surface area contributed by atoms with Crippen molar-refractivity contribution in [3.8, 4) is 0 Å². The summed E-state index contributed by atoms with van der Waals surface area (Å²) in [4.78, 5) is 21.8. The average Bonchev–Trinajstić information content (AvgIpc) is 1.85. The van der Waals surface area contributed by atoms with E-state index in [4.69, 9.17) is 11.5 Å². The van der Waals surface area contributed by atoms with Gasteiger partial charge in [0.25, 0.3) is 0 Å². The second kappa shape index (κ2) is 3.67. The molecule has 0 spiro atoms. The summed E-state index contributed by atoms with van der Waals surface area (Å²) in [5.41, 5.74) is 9.78. The van der Waals surface area contributed by atoms with Crippen LogP contribution in [0, 0.1) is 5.41 Å². The van der Waals surface area contributed by atoms with E-state index in [-0.39, 0.29) is 12.2 Å². The lowest BCUT2D eigenvalue weighted by atomic mass is 9.87. The van der Waals surface area contributed by atoms with Crippen molar-refractivity contribution < 1.29 is 9.59 Å². The zero-order chi connectivity index (χ0) is 9.94. The Bertz CT molecular complexity index is 194. The van der Waals surface area contributed by atoms with Crippen molar-refractivity contribution in [3.63, 3.8) is 0 Å². The van der Waals surface area contributed by atoms with Crippen LogP contribution in [0.25, 0.3) is 0 Å². The highest BCUT2D eigenvalue weighted by Crippen LogP contribution is 2.16. The highest BCUT2D eigenvalue weighted by atomic mass is 16.1. The molecule has 1 unspecified atom stereocenters. The minimum absolute atomic E-state index is 0.0266. The van der Waals surface area contributed by atoms with Gasteiger partial charge >= 0.3 is 0 Å². The normalized spacial score (nSPS) is 14.0. The lowest BCUT2D eigenvalue weighted by Gasteiger charge is -2.17. The number of carbonyl (C=O) groups is 2. The maximum Gasteiger partial charge on any atom is 0.234 e. The molecular formula is C8H16N2O2. The standard InChI is InChI=1S/C8H16N2O2/c1-8(2,3)6(11)4-5(9)7(10)12/h5H,4,9H2,1-3H3,(H2,10,12). The van der Waals surface area contributed by atoms with Crippen LogP contribution in [0.1, 0.15) is 27.2 Å². The minimum atomic E-state index is -0.850. The first-order valence-corrected chi connectivity index (χ1v) is 3.83. The number of hydrogen-bond acceptors (Lipinski definition) is 3. The average molecular weight is 172 g/mol. The Morgan fingerprint density at radius 2 is 1.75 bits per heavy atom. The fraction of sp³-hybridized carbons (Fsp3) is 0.750. The fourth-order valence-electron chi connectivity index (χ4n) is 0.607. The van der Waals surface area contributed by atoms with Gasteiger partial charge < -0.3 is 11.5 Å². The molecule has 0 radical (unpaired) electrons. The summed E-state index contributed by atoms with van der Waals surface area (Å²) in [6.07, 6.45) is 0.0266. The maximum atomic E-state index is 11.3. The molecule has 0 aliphatic rings. The predicted octanol–water partition coefficient (Wildman–Crippen LogP) is -0.196. The minimum Gasteiger partial charge on any atom is -0.368 e. The van der Waals surface area contributed by atoms with Gasteiger partial charge in [-0.3, -0.25) is 9.59 Å². The topological polar surface area (TPSA) is 86.2 Å². The summed E-state index contributed by atoms with van der Waals surface area (Å²) in [5.74, 6) is -0.679. The van der Waals surface area contributed by atoms with Crippen LogP contribution in [0.5, 0.6) is 0 Å². The number of ketones is 1. The van der Waals surface area contributed by atoms with Gasteiger partial charge in [-0.25, -0.2) is 0 Å². The molecule has 1 amide bonds. The van der Waals surface area contributed by atoms with Gasteiger partial charge in [-0.1, -0.05) is 20.8 Å². The Morgan fingerprint density at radius 1 is 1.33 bits per heavy atom. The number of hydrogen-bond donors (Lipinski definition) is 2. The predicted molar refractivity (Wildman–Crippen MR) is 46.2 cm³/mol. The summed E-state index contributed by atoms with van der Waals surface area (Å²) in [5, 5.41) is 0. The highest BCUT2D eigenvalue weighted by molar-refractivity contribution is 5.90. The van der Waals surface area contributed by atoms with Crippen molar-refractivity contribution in [2.75, 3.05) is 0 Å². The molecule has 0 aromatic heterocycles. The van der Waals surface area contributed by atoms with E-state index < -0.39 is 17.4 Å². The van der Waals surface area contributed by atoms with Crippen LogP contribution in [-0.4, -0.2) is 17.7 Å². The Balaban J connectivity index is 4.11. The third kappa shape index (κ3) is 3.48. The number of amides is 1. The third-order valence-corrected chi connectivity index (χ3v) is 1.61. The molecule has 0 aliphatic heterocycles. The molecule has 0 rings (SSSR count). The molecule has 0 heterocycles. The van der Waals surface area contributed by atoms with Crippen LogP contribution in [0.3, 0.4) is 0 Å². The monoisotopic (exact) mass is 172 g/mol. The van der Waals surface area contributed by atoms with Gasteiger partial charge in [-0.05, 0) is 0 Å². The molecule has 4 N–H and O–H groups in total. The number of rotatable bonds is 3. The summed E-state index contributed by atoms with van der Waals surface area (Å²) in [6.45, 7) is 5.34. The van der Waals surface area contributed by atoms with Gasteiger partial charge in [0.1, 0.15) is 5.78 Å². The molecule has 0 fully saturated rings. The van der Waals surface area contributed by atoms with Crippen molar-refractivity contribution in [2.45, 2.75) is 33.2 Å². The Morgan fingerprint density at radius 3 is 2.00 bits per heavy atom. The smallest absolute Gasteiger partial charge is 0.234 e. The summed E-state index contributed by atoms with van der Waals surface area (Å²) >= 11 is 0. The Labute approximate surface area is 72.3 Å². The molecular weight excluding hydrogens is 156 g/mol. The van der Waals surface area contributed by atoms with E-state index in [2.05, 4.69) is 0 Å². The van der Waals surface area contributed by atoms with E-state index in [0.29, 0.717) is 0 Å². The summed E-state index contributed by atoms with van der Waals surface area (Å²) in [6, 6.07) is -0.850. The highest BCUT2D eigenvalue weighted by Gasteiger charge is 2.24. The first-order chi connectivity index (χ1) is 5.25. The lowest BCUT2D eigenvalue weighted by molar-refractivity contribution is -0.129. The Kier molecular flexibility index (Phi) is 3.39. The van der Waals surface area contributed by atoms with Crippen molar-refractivity contribution >= 4 is 11.7 Å². The van der Waals surface area contributed by atoms with Gasteiger partial charge in [0, 0.05) is 11.8 Å². The molecule has 0 aromatic carbocycles. The number of carbonyl (C=O) groups excluding carboxylic acids is 2. The van der Waals surface area contributed by atoms with E-state index in [0.717, 1.165) is 0 Å². The van der Waals surface area contributed by atoms with E-state index >= 15 is 0 Å². The molecule has 0 bridgehead atoms. The summed E-state index contributed by atoms with van der Waals surface area (Å²) < 4.78 is 0. The van der Waals surface area contributed by atoms with Crippen LogP contribution in [0.15, 0.2) is 0 Å². The van der Waals surface area contributed by atoms with Crippen molar-refractivity contribution in [3.05, 3.63) is 0 Å². The molecule has 1 atom stereocenters. The first-order valence-electron chi connectivity index (χ1n) is 3.83. The maximum absolute atomic E-state index is 11.3. The first kappa shape index (κ1) is 11.1. The number of nitrogens with two attached hydrogens (primary N) is 2. The molecule has 4 nitrogen and oxygen atoms in total. The lowest BCUT2D eigenvalue weighted by Crippen LogP contribution is -2.40. The van der Waals surface area contributed by atoms with Crippen molar-refractivity contribution in [1.29, 1.82) is 0 Å². The molecule has 70 valence electrons. The van der Waals surface area contributed by atoms with Crippen LogP contribution in [0.2, 0.25) is 0 Å². The van der Waals surface area contributed by atoms with Gasteiger partial charge in [-0.15, -0.1) is 0 Å². The van der Waals surface area contributed by atoms with Crippen LogP contribution >= 0.6 is 0 Å². The van der Waals surface area contributed by atoms with Crippen molar-refractivity contribution in [2.24, 2.45) is 16.9 Å². The van der Waals surface area contributed by atoms with E-state index in [1.54, 1.807) is 20.8 Å². The van der Waals surface area contributed by atoms with E-state index in [1.165, 1.54) is 0 Å². The molecule has 4 heteroatoms. The fourth-order valence-corrected chi connectivity index (χ4v) is 0.607. The van der Waals surface area contributed by atoms with Gasteiger partial charge in [-0.2, -0.15) is 0 Å². The van der Waals surface area contributed by atoms with Gasteiger partial charge in [0.15, 0.2) is 0 Å². The van der Waals surface area contributed by atoms with Gasteiger partial charge in [0.2, 0.25) is 5.91 Å². The third-order valence-electron chi connectivity index (χ3n) is 1.61. The molecule has 0 aliphatic carbocycles. The molecule has 0 aromatic rings. The molecule has 12 heavy (non-hydrogen) atoms. The van der Waals surface area contributed by atoms with Crippen LogP contribution in [-0.2, 0) is 9.59 Å². The zero-order valence-electron chi connectivity index (χ0n) is 7.76. The van der Waals surface area contributed by atoms with E-state index in [9.17, 15) is 9.59 Å². The molecule has 0 saturated heterocycles. The largest absolute Gasteiger partial charge is 0.368 e. The van der Waals surface area contributed by atoms with E-state index in [1.807, 2.05) is 0 Å². The second-order valence-electron chi connectivity index (χ2n) is 3.89. The summed E-state index contributed by atoms with van der Waals surface area (Å²) in [7, 11) is 0. The van der Waals surface area contributed by atoms with Gasteiger partial charge in [0.05, 0.1) is 6.04 Å². The van der Waals surface area contributed by atoms with Crippen LogP contribution < -0.4 is 11.5 Å². The van der Waals surface area contributed by atoms with Crippen LogP contribution in [0.4, 0.5) is 0 Å².